The van der Waals surface area contributed by atoms with Gasteiger partial charge in [-0.2, -0.15) is 0 Å². The summed E-state index contributed by atoms with van der Waals surface area (Å²) in [4.78, 5) is 13.8. The molecule has 1 aliphatic carbocycles. The molecular formula is C16H24N2O2. The average Bonchev–Trinajstić information content (AvgIpc) is 2.85. The van der Waals surface area contributed by atoms with E-state index in [9.17, 15) is 9.90 Å². The maximum atomic E-state index is 12.3. The number of nitrogens with two attached hydrogens (primary N) is 1. The third kappa shape index (κ3) is 3.81. The molecule has 0 saturated heterocycles. The van der Waals surface area contributed by atoms with Crippen molar-refractivity contribution in [3.63, 3.8) is 0 Å². The SMILES string of the molecule is CN(CC1(O)CCCC1)C(=O)[C@H](N)Cc1ccccc1. The van der Waals surface area contributed by atoms with Crippen LogP contribution in [-0.4, -0.2) is 41.1 Å². The van der Waals surface area contributed by atoms with Gasteiger partial charge >= 0.3 is 0 Å². The number of likely N-dealkylation sites (N-methyl/N-ethyl adjacent to an activating group) is 1. The van der Waals surface area contributed by atoms with Crippen LogP contribution in [0.2, 0.25) is 0 Å². The molecule has 1 saturated carbocycles. The standard InChI is InChI=1S/C16H24N2O2/c1-18(12-16(20)9-5-6-10-16)15(19)14(17)11-13-7-3-2-4-8-13/h2-4,7-8,14,20H,5-6,9-12,17H2,1H3/t14-/m1/s1. The zero-order valence-electron chi connectivity index (χ0n) is 12.1. The molecule has 1 aromatic rings. The van der Waals surface area contributed by atoms with E-state index in [0.717, 1.165) is 31.2 Å². The highest BCUT2D eigenvalue weighted by Gasteiger charge is 2.34. The third-order valence-electron chi connectivity index (χ3n) is 4.06. The predicted molar refractivity (Wildman–Crippen MR) is 79.2 cm³/mol. The van der Waals surface area contributed by atoms with Gasteiger partial charge in [-0.3, -0.25) is 4.79 Å². The number of nitrogens with zero attached hydrogens (tertiary/aromatic N) is 1. The van der Waals surface area contributed by atoms with Gasteiger partial charge < -0.3 is 15.7 Å². The van der Waals surface area contributed by atoms with Crippen LogP contribution in [0.15, 0.2) is 30.3 Å². The Hall–Kier alpha value is -1.39. The Morgan fingerprint density at radius 1 is 1.35 bits per heavy atom. The van der Waals surface area contributed by atoms with Crippen molar-refractivity contribution in [2.45, 2.75) is 43.7 Å². The van der Waals surface area contributed by atoms with Crippen LogP contribution in [0, 0.1) is 0 Å². The van der Waals surface area contributed by atoms with Gasteiger partial charge in [0, 0.05) is 13.6 Å². The van der Waals surface area contributed by atoms with Gasteiger partial charge in [0.1, 0.15) is 0 Å². The maximum absolute atomic E-state index is 12.3. The van der Waals surface area contributed by atoms with Gasteiger partial charge in [0.15, 0.2) is 0 Å². The summed E-state index contributed by atoms with van der Waals surface area (Å²) in [5, 5.41) is 10.3. The van der Waals surface area contributed by atoms with Crippen molar-refractivity contribution in [3.8, 4) is 0 Å². The second kappa shape index (κ2) is 6.37. The fourth-order valence-electron chi connectivity index (χ4n) is 2.95. The normalized spacial score (nSPS) is 18.8. The van der Waals surface area contributed by atoms with Crippen LogP contribution in [0.1, 0.15) is 31.2 Å². The molecule has 1 fully saturated rings. The minimum Gasteiger partial charge on any atom is -0.388 e. The van der Waals surface area contributed by atoms with Crippen LogP contribution in [0.25, 0.3) is 0 Å². The van der Waals surface area contributed by atoms with Crippen LogP contribution < -0.4 is 5.73 Å². The van der Waals surface area contributed by atoms with E-state index in [2.05, 4.69) is 0 Å². The summed E-state index contributed by atoms with van der Waals surface area (Å²) in [5.41, 5.74) is 6.34. The molecule has 1 aliphatic rings. The molecule has 0 aromatic heterocycles. The monoisotopic (exact) mass is 276 g/mol. The molecule has 0 unspecified atom stereocenters. The Kier molecular flexibility index (Phi) is 4.78. The Labute approximate surface area is 120 Å². The minimum absolute atomic E-state index is 0.103. The first-order chi connectivity index (χ1) is 9.50. The lowest BCUT2D eigenvalue weighted by atomic mass is 10.0. The molecule has 4 nitrogen and oxygen atoms in total. The summed E-state index contributed by atoms with van der Waals surface area (Å²) in [6.07, 6.45) is 4.16. The molecule has 0 radical (unpaired) electrons. The number of hydrogen-bond acceptors (Lipinski definition) is 3. The van der Waals surface area contributed by atoms with Gasteiger partial charge in [-0.25, -0.2) is 0 Å². The Balaban J connectivity index is 1.89. The summed E-state index contributed by atoms with van der Waals surface area (Å²) in [7, 11) is 1.73. The van der Waals surface area contributed by atoms with E-state index in [1.165, 1.54) is 0 Å². The van der Waals surface area contributed by atoms with Crippen molar-refractivity contribution >= 4 is 5.91 Å². The van der Waals surface area contributed by atoms with E-state index >= 15 is 0 Å². The summed E-state index contributed by atoms with van der Waals surface area (Å²) in [6.45, 7) is 0.383. The molecule has 20 heavy (non-hydrogen) atoms. The number of amides is 1. The summed E-state index contributed by atoms with van der Waals surface area (Å²) in [6, 6.07) is 9.22. The summed E-state index contributed by atoms with van der Waals surface area (Å²) >= 11 is 0. The van der Waals surface area contributed by atoms with E-state index in [1.54, 1.807) is 11.9 Å². The highest BCUT2D eigenvalue weighted by molar-refractivity contribution is 5.81. The fraction of sp³-hybridized carbons (Fsp3) is 0.562. The molecule has 2 rings (SSSR count). The molecule has 0 heterocycles. The lowest BCUT2D eigenvalue weighted by Gasteiger charge is -2.30. The van der Waals surface area contributed by atoms with Crippen molar-refractivity contribution in [1.82, 2.24) is 4.90 Å². The number of rotatable bonds is 5. The smallest absolute Gasteiger partial charge is 0.239 e. The van der Waals surface area contributed by atoms with Gasteiger partial charge in [0.2, 0.25) is 5.91 Å². The van der Waals surface area contributed by atoms with Crippen LogP contribution in [-0.2, 0) is 11.2 Å². The number of hydrogen-bond donors (Lipinski definition) is 2. The van der Waals surface area contributed by atoms with Crippen molar-refractivity contribution in [3.05, 3.63) is 35.9 Å². The van der Waals surface area contributed by atoms with Crippen LogP contribution in [0.4, 0.5) is 0 Å². The first-order valence-corrected chi connectivity index (χ1v) is 7.27. The number of aliphatic hydroxyl groups is 1. The molecule has 4 heteroatoms. The molecule has 0 spiro atoms. The molecule has 1 atom stereocenters. The zero-order chi connectivity index (χ0) is 14.6. The fourth-order valence-corrected chi connectivity index (χ4v) is 2.95. The highest BCUT2D eigenvalue weighted by atomic mass is 16.3. The van der Waals surface area contributed by atoms with Crippen LogP contribution in [0.5, 0.6) is 0 Å². The summed E-state index contributed by atoms with van der Waals surface area (Å²) < 4.78 is 0. The number of benzene rings is 1. The molecule has 3 N–H and O–H groups in total. The average molecular weight is 276 g/mol. The van der Waals surface area contributed by atoms with Gasteiger partial charge in [-0.1, -0.05) is 43.2 Å². The van der Waals surface area contributed by atoms with Crippen molar-refractivity contribution in [1.29, 1.82) is 0 Å². The number of carbonyl (C=O) groups excluding carboxylic acids is 1. The first-order valence-electron chi connectivity index (χ1n) is 7.27. The third-order valence-corrected chi connectivity index (χ3v) is 4.06. The van der Waals surface area contributed by atoms with E-state index < -0.39 is 11.6 Å². The molecule has 1 aromatic carbocycles. The van der Waals surface area contributed by atoms with Gasteiger partial charge in [-0.15, -0.1) is 0 Å². The molecule has 0 bridgehead atoms. The Morgan fingerprint density at radius 3 is 2.55 bits per heavy atom. The second-order valence-electron chi connectivity index (χ2n) is 5.92. The quantitative estimate of drug-likeness (QED) is 0.852. The lowest BCUT2D eigenvalue weighted by Crippen LogP contribution is -2.48. The van der Waals surface area contributed by atoms with E-state index in [4.69, 9.17) is 5.73 Å². The van der Waals surface area contributed by atoms with E-state index in [1.807, 2.05) is 30.3 Å². The minimum atomic E-state index is -0.711. The molecule has 0 aliphatic heterocycles. The first kappa shape index (κ1) is 15.0. The highest BCUT2D eigenvalue weighted by Crippen LogP contribution is 2.30. The summed E-state index contributed by atoms with van der Waals surface area (Å²) in [5.74, 6) is -0.103. The van der Waals surface area contributed by atoms with Gasteiger partial charge in [-0.05, 0) is 24.8 Å². The Morgan fingerprint density at radius 2 is 1.95 bits per heavy atom. The molecular weight excluding hydrogens is 252 g/mol. The van der Waals surface area contributed by atoms with Crippen LogP contribution >= 0.6 is 0 Å². The van der Waals surface area contributed by atoms with Gasteiger partial charge in [0.05, 0.1) is 11.6 Å². The van der Waals surface area contributed by atoms with Crippen LogP contribution in [0.3, 0.4) is 0 Å². The Bertz CT molecular complexity index is 441. The zero-order valence-corrected chi connectivity index (χ0v) is 12.1. The topological polar surface area (TPSA) is 66.6 Å². The molecule has 1 amide bonds. The van der Waals surface area contributed by atoms with Crippen molar-refractivity contribution in [2.75, 3.05) is 13.6 Å². The van der Waals surface area contributed by atoms with Crippen molar-refractivity contribution in [2.24, 2.45) is 5.73 Å². The van der Waals surface area contributed by atoms with E-state index in [-0.39, 0.29) is 5.91 Å². The van der Waals surface area contributed by atoms with E-state index in [0.29, 0.717) is 13.0 Å². The second-order valence-corrected chi connectivity index (χ2v) is 5.92. The largest absolute Gasteiger partial charge is 0.388 e. The lowest BCUT2D eigenvalue weighted by molar-refractivity contribution is -0.134. The predicted octanol–water partition coefficient (Wildman–Crippen LogP) is 1.32. The van der Waals surface area contributed by atoms with Gasteiger partial charge in [0.25, 0.3) is 0 Å². The molecule has 110 valence electrons. The van der Waals surface area contributed by atoms with Crippen molar-refractivity contribution < 1.29 is 9.90 Å². The maximum Gasteiger partial charge on any atom is 0.239 e. The number of carbonyl (C=O) groups is 1.